The fraction of sp³-hybridized carbons (Fsp3) is 0.520. The highest BCUT2D eigenvalue weighted by Crippen LogP contribution is 2.45. The number of nitrogens with zero attached hydrogens (tertiary/aromatic N) is 5. The zero-order valence-electron chi connectivity index (χ0n) is 20.8. The number of aromatic nitrogens is 2. The van der Waals surface area contributed by atoms with E-state index >= 15 is 0 Å². The smallest absolute Gasteiger partial charge is 0.312 e. The maximum absolute atomic E-state index is 13.4. The fourth-order valence-electron chi connectivity index (χ4n) is 5.86. The second kappa shape index (κ2) is 10.3. The lowest BCUT2D eigenvalue weighted by atomic mass is 9.76. The van der Waals surface area contributed by atoms with Crippen LogP contribution in [0.5, 0.6) is 0 Å². The number of rotatable bonds is 6. The van der Waals surface area contributed by atoms with Gasteiger partial charge in [-0.2, -0.15) is 4.31 Å². The first kappa shape index (κ1) is 26.3. The summed E-state index contributed by atoms with van der Waals surface area (Å²) in [6.07, 6.45) is 3.86. The van der Waals surface area contributed by atoms with Gasteiger partial charge in [-0.25, -0.2) is 13.4 Å². The minimum absolute atomic E-state index is 0.00518. The molecule has 0 N–H and O–H groups in total. The minimum atomic E-state index is -3.84. The Bertz CT molecular complexity index is 1430. The second-order valence-corrected chi connectivity index (χ2v) is 13.8. The highest BCUT2D eigenvalue weighted by molar-refractivity contribution is 7.89. The Balaban J connectivity index is 1.02. The molecule has 6 rings (SSSR count). The average molecular weight is 599 g/mol. The van der Waals surface area contributed by atoms with Crippen LogP contribution in [0.1, 0.15) is 25.7 Å². The standard InChI is InChI=1S/C25H29Cl2N5O4S2/c26-18-1-3-19(4-2-18)30-13-11-29(12-14-30)8-5-20-17-25(23(33)36-20)6-9-31(10-7-25)38(34,35)22-21(27)28-24-32(22)15-16-37-24/h1-4,15-16,20H,5-14,17H2. The van der Waals surface area contributed by atoms with Gasteiger partial charge in [0.1, 0.15) is 6.10 Å². The number of hydrogen-bond donors (Lipinski definition) is 0. The molecular weight excluding hydrogens is 569 g/mol. The quantitative estimate of drug-likeness (QED) is 0.397. The van der Waals surface area contributed by atoms with E-state index in [2.05, 4.69) is 26.9 Å². The molecule has 1 unspecified atom stereocenters. The van der Waals surface area contributed by atoms with E-state index in [1.165, 1.54) is 25.7 Å². The largest absolute Gasteiger partial charge is 0.462 e. The third kappa shape index (κ3) is 4.82. The summed E-state index contributed by atoms with van der Waals surface area (Å²) in [7, 11) is -3.84. The summed E-state index contributed by atoms with van der Waals surface area (Å²) in [5.41, 5.74) is 0.576. The SMILES string of the molecule is O=C1OC(CCN2CCN(c3ccc(Cl)cc3)CC2)CC12CCN(S(=O)(=O)c1c(Cl)nc3sccn13)CC2. The molecule has 0 aliphatic carbocycles. The lowest BCUT2D eigenvalue weighted by molar-refractivity contribution is -0.150. The molecule has 3 aromatic rings. The van der Waals surface area contributed by atoms with Gasteiger partial charge < -0.3 is 9.64 Å². The van der Waals surface area contributed by atoms with Crippen molar-refractivity contribution in [1.29, 1.82) is 0 Å². The number of carbonyl (C=O) groups excluding carboxylic acids is 1. The van der Waals surface area contributed by atoms with Crippen LogP contribution < -0.4 is 4.90 Å². The number of anilines is 1. The van der Waals surface area contributed by atoms with E-state index in [0.717, 1.165) is 44.2 Å². The minimum Gasteiger partial charge on any atom is -0.462 e. The van der Waals surface area contributed by atoms with Gasteiger partial charge in [-0.05, 0) is 43.5 Å². The van der Waals surface area contributed by atoms with E-state index in [1.807, 2.05) is 12.1 Å². The van der Waals surface area contributed by atoms with Crippen molar-refractivity contribution in [3.8, 4) is 0 Å². The molecule has 3 fully saturated rings. The van der Waals surface area contributed by atoms with Crippen LogP contribution in [0.3, 0.4) is 0 Å². The molecule has 3 aliphatic rings. The molecule has 38 heavy (non-hydrogen) atoms. The molecule has 5 heterocycles. The average Bonchev–Trinajstić information content (AvgIpc) is 3.56. The molecule has 13 heteroatoms. The number of carbonyl (C=O) groups is 1. The lowest BCUT2D eigenvalue weighted by Gasteiger charge is -2.36. The molecule has 0 saturated carbocycles. The maximum atomic E-state index is 13.4. The molecule has 9 nitrogen and oxygen atoms in total. The van der Waals surface area contributed by atoms with Gasteiger partial charge in [-0.15, -0.1) is 11.3 Å². The van der Waals surface area contributed by atoms with Crippen LogP contribution in [0, 0.1) is 5.41 Å². The number of fused-ring (bicyclic) bond motifs is 1. The van der Waals surface area contributed by atoms with Crippen LogP contribution >= 0.6 is 34.5 Å². The van der Waals surface area contributed by atoms with Crippen molar-refractivity contribution in [3.63, 3.8) is 0 Å². The van der Waals surface area contributed by atoms with E-state index in [1.54, 1.807) is 11.6 Å². The van der Waals surface area contributed by atoms with Crippen LogP contribution in [-0.4, -0.2) is 84.9 Å². The number of hydrogen-bond acceptors (Lipinski definition) is 8. The van der Waals surface area contributed by atoms with Crippen LogP contribution in [0.15, 0.2) is 40.9 Å². The van der Waals surface area contributed by atoms with Crippen LogP contribution in [0.25, 0.3) is 4.96 Å². The molecule has 1 spiro atoms. The number of benzene rings is 1. The van der Waals surface area contributed by atoms with E-state index < -0.39 is 15.4 Å². The fourth-order valence-corrected chi connectivity index (χ4v) is 8.83. The van der Waals surface area contributed by atoms with Crippen molar-refractivity contribution in [3.05, 3.63) is 46.0 Å². The third-order valence-electron chi connectivity index (χ3n) is 8.10. The van der Waals surface area contributed by atoms with Crippen molar-refractivity contribution in [1.82, 2.24) is 18.6 Å². The first-order valence-corrected chi connectivity index (χ1v) is 15.9. The summed E-state index contributed by atoms with van der Waals surface area (Å²) >= 11 is 13.5. The van der Waals surface area contributed by atoms with Gasteiger partial charge in [0.15, 0.2) is 15.1 Å². The van der Waals surface area contributed by atoms with Crippen LogP contribution in [0.4, 0.5) is 5.69 Å². The van der Waals surface area contributed by atoms with Gasteiger partial charge in [0, 0.05) is 74.5 Å². The first-order valence-electron chi connectivity index (χ1n) is 12.8. The molecule has 0 bridgehead atoms. The number of thiazole rings is 1. The molecule has 0 amide bonds. The van der Waals surface area contributed by atoms with Crippen molar-refractivity contribution in [2.75, 3.05) is 50.7 Å². The number of cyclic esters (lactones) is 1. The molecule has 2 aromatic heterocycles. The Morgan fingerprint density at radius 3 is 2.47 bits per heavy atom. The summed E-state index contributed by atoms with van der Waals surface area (Å²) in [4.78, 5) is 22.4. The number of piperazine rings is 1. The summed E-state index contributed by atoms with van der Waals surface area (Å²) in [6, 6.07) is 7.95. The normalized spacial score (nSPS) is 22.9. The van der Waals surface area contributed by atoms with Crippen molar-refractivity contribution in [2.45, 2.75) is 36.8 Å². The number of sulfonamides is 1. The van der Waals surface area contributed by atoms with Gasteiger partial charge >= 0.3 is 5.97 Å². The number of esters is 1. The second-order valence-electron chi connectivity index (χ2n) is 10.3. The van der Waals surface area contributed by atoms with Crippen molar-refractivity contribution >= 4 is 61.2 Å². The number of ether oxygens (including phenoxy) is 1. The lowest BCUT2D eigenvalue weighted by Crippen LogP contribution is -2.47. The van der Waals surface area contributed by atoms with Crippen molar-refractivity contribution in [2.24, 2.45) is 5.41 Å². The molecule has 0 radical (unpaired) electrons. The molecular formula is C25H29Cl2N5O4S2. The molecule has 3 saturated heterocycles. The van der Waals surface area contributed by atoms with Gasteiger partial charge in [-0.1, -0.05) is 23.2 Å². The molecule has 3 aliphatic heterocycles. The number of piperidine rings is 1. The summed E-state index contributed by atoms with van der Waals surface area (Å²) < 4.78 is 35.5. The van der Waals surface area contributed by atoms with Crippen molar-refractivity contribution < 1.29 is 17.9 Å². The Labute approximate surface area is 235 Å². The Morgan fingerprint density at radius 2 is 1.76 bits per heavy atom. The van der Waals surface area contributed by atoms with E-state index in [4.69, 9.17) is 27.9 Å². The predicted molar refractivity (Wildman–Crippen MR) is 148 cm³/mol. The Kier molecular flexibility index (Phi) is 7.11. The van der Waals surface area contributed by atoms with Gasteiger partial charge in [0.25, 0.3) is 10.0 Å². The van der Waals surface area contributed by atoms with E-state index in [0.29, 0.717) is 24.2 Å². The first-order chi connectivity index (χ1) is 18.2. The van der Waals surface area contributed by atoms with Gasteiger partial charge in [-0.3, -0.25) is 14.1 Å². The highest BCUT2D eigenvalue weighted by Gasteiger charge is 2.51. The monoisotopic (exact) mass is 597 g/mol. The third-order valence-corrected chi connectivity index (χ3v) is 11.4. The van der Waals surface area contributed by atoms with E-state index in [-0.39, 0.29) is 35.3 Å². The summed E-state index contributed by atoms with van der Waals surface area (Å²) in [5, 5.41) is 2.49. The molecule has 1 atom stereocenters. The topological polar surface area (TPSA) is 87.5 Å². The summed E-state index contributed by atoms with van der Waals surface area (Å²) in [6.45, 7) is 5.18. The molecule has 204 valence electrons. The zero-order chi connectivity index (χ0) is 26.5. The summed E-state index contributed by atoms with van der Waals surface area (Å²) in [5.74, 6) is -0.185. The van der Waals surface area contributed by atoms with E-state index in [9.17, 15) is 13.2 Å². The molecule has 1 aromatic carbocycles. The number of imidazole rings is 1. The predicted octanol–water partition coefficient (Wildman–Crippen LogP) is 4.00. The zero-order valence-corrected chi connectivity index (χ0v) is 23.9. The van der Waals surface area contributed by atoms with Gasteiger partial charge in [0.05, 0.1) is 5.41 Å². The van der Waals surface area contributed by atoms with Crippen LogP contribution in [-0.2, 0) is 19.6 Å². The van der Waals surface area contributed by atoms with Gasteiger partial charge in [0.2, 0.25) is 0 Å². The Morgan fingerprint density at radius 1 is 1.05 bits per heavy atom. The highest BCUT2D eigenvalue weighted by atomic mass is 35.5. The van der Waals surface area contributed by atoms with Crippen LogP contribution in [0.2, 0.25) is 10.2 Å². The number of halogens is 2. The maximum Gasteiger partial charge on any atom is 0.312 e. The Hall–Kier alpha value is -1.89.